The number of β-amino-alcohol motifs (C(OH)–C–C–N with tert-alkyl or cyclic N) is 1. The van der Waals surface area contributed by atoms with Gasteiger partial charge in [0.2, 0.25) is 5.91 Å². The van der Waals surface area contributed by atoms with Crippen molar-refractivity contribution in [1.29, 1.82) is 0 Å². The number of carbonyl (C=O) groups excluding carboxylic acids is 2. The van der Waals surface area contributed by atoms with Gasteiger partial charge in [0.1, 0.15) is 11.6 Å². The van der Waals surface area contributed by atoms with E-state index in [-0.39, 0.29) is 18.9 Å². The molecule has 1 saturated heterocycles. The summed E-state index contributed by atoms with van der Waals surface area (Å²) in [5, 5.41) is 12.7. The Morgan fingerprint density at radius 1 is 1.25 bits per heavy atom. The lowest BCUT2D eigenvalue weighted by Gasteiger charge is -2.27. The first-order chi connectivity index (χ1) is 11.1. The van der Waals surface area contributed by atoms with Gasteiger partial charge in [-0.15, -0.1) is 0 Å². The summed E-state index contributed by atoms with van der Waals surface area (Å²) in [7, 11) is 0. The van der Waals surface area contributed by atoms with Crippen LogP contribution in [0.1, 0.15) is 38.3 Å². The fourth-order valence-electron chi connectivity index (χ4n) is 2.63. The van der Waals surface area contributed by atoms with Crippen LogP contribution in [0.25, 0.3) is 0 Å². The molecular formula is C18H26N2O4. The third-order valence-electron chi connectivity index (χ3n) is 3.98. The summed E-state index contributed by atoms with van der Waals surface area (Å²) in [5.74, 6) is -0.319. The number of likely N-dealkylation sites (tertiary alicyclic amines) is 1. The Labute approximate surface area is 142 Å². The number of aryl methyl sites for hydroxylation is 2. The highest BCUT2D eigenvalue weighted by molar-refractivity contribution is 5.97. The zero-order valence-electron chi connectivity index (χ0n) is 14.9. The van der Waals surface area contributed by atoms with Gasteiger partial charge in [0.15, 0.2) is 0 Å². The van der Waals surface area contributed by atoms with Crippen molar-refractivity contribution in [3.8, 4) is 0 Å². The number of anilines is 1. The van der Waals surface area contributed by atoms with E-state index < -0.39 is 23.8 Å². The van der Waals surface area contributed by atoms with E-state index in [1.54, 1.807) is 20.8 Å². The van der Waals surface area contributed by atoms with Crippen LogP contribution in [0.15, 0.2) is 18.2 Å². The van der Waals surface area contributed by atoms with E-state index in [1.807, 2.05) is 32.0 Å². The van der Waals surface area contributed by atoms with Crippen LogP contribution in [-0.2, 0) is 9.53 Å². The van der Waals surface area contributed by atoms with Gasteiger partial charge in [-0.3, -0.25) is 9.69 Å². The molecule has 0 bridgehead atoms. The smallest absolute Gasteiger partial charge is 0.411 e. The minimum absolute atomic E-state index is 0.0971. The lowest BCUT2D eigenvalue weighted by Crippen LogP contribution is -2.45. The Hall–Kier alpha value is -2.08. The van der Waals surface area contributed by atoms with E-state index in [0.29, 0.717) is 5.69 Å². The molecule has 0 unspecified atom stereocenters. The summed E-state index contributed by atoms with van der Waals surface area (Å²) in [4.78, 5) is 26.1. The van der Waals surface area contributed by atoms with Crippen LogP contribution >= 0.6 is 0 Å². The van der Waals surface area contributed by atoms with E-state index in [1.165, 1.54) is 4.90 Å². The van der Waals surface area contributed by atoms with Crippen molar-refractivity contribution < 1.29 is 19.4 Å². The minimum atomic E-state index is -0.739. The molecule has 1 fully saturated rings. The standard InChI is InChI=1S/C18H26N2O4/c1-11-6-7-13(8-12(11)2)19-16(22)15-9-14(21)10-20(15)17(23)24-18(3,4)5/h6-8,14-15,21H,9-10H2,1-5H3,(H,19,22)/t14-,15-/m0/s1. The monoisotopic (exact) mass is 334 g/mol. The van der Waals surface area contributed by atoms with Gasteiger partial charge in [-0.25, -0.2) is 4.79 Å². The molecule has 2 amide bonds. The van der Waals surface area contributed by atoms with E-state index in [4.69, 9.17) is 4.74 Å². The Balaban J connectivity index is 2.10. The summed E-state index contributed by atoms with van der Waals surface area (Å²) in [5.41, 5.74) is 2.23. The molecule has 6 nitrogen and oxygen atoms in total. The van der Waals surface area contributed by atoms with Crippen LogP contribution < -0.4 is 5.32 Å². The third-order valence-corrected chi connectivity index (χ3v) is 3.98. The van der Waals surface area contributed by atoms with Crippen LogP contribution in [0.5, 0.6) is 0 Å². The molecule has 24 heavy (non-hydrogen) atoms. The number of nitrogens with zero attached hydrogens (tertiary/aromatic N) is 1. The van der Waals surface area contributed by atoms with Gasteiger partial charge in [0.05, 0.1) is 12.6 Å². The highest BCUT2D eigenvalue weighted by Gasteiger charge is 2.40. The molecule has 0 saturated carbocycles. The molecule has 2 rings (SSSR count). The maximum atomic E-state index is 12.6. The first-order valence-corrected chi connectivity index (χ1v) is 8.12. The molecule has 1 aromatic rings. The molecule has 1 aliphatic heterocycles. The topological polar surface area (TPSA) is 78.9 Å². The number of carbonyl (C=O) groups is 2. The van der Waals surface area contributed by atoms with Crippen molar-refractivity contribution in [2.75, 3.05) is 11.9 Å². The zero-order valence-corrected chi connectivity index (χ0v) is 14.9. The van der Waals surface area contributed by atoms with Gasteiger partial charge in [-0.1, -0.05) is 6.07 Å². The van der Waals surface area contributed by atoms with Crippen molar-refractivity contribution in [3.63, 3.8) is 0 Å². The van der Waals surface area contributed by atoms with Gasteiger partial charge >= 0.3 is 6.09 Å². The first kappa shape index (κ1) is 18.3. The van der Waals surface area contributed by atoms with Crippen molar-refractivity contribution in [2.24, 2.45) is 0 Å². The molecule has 2 N–H and O–H groups in total. The minimum Gasteiger partial charge on any atom is -0.444 e. The maximum Gasteiger partial charge on any atom is 0.411 e. The van der Waals surface area contributed by atoms with E-state index >= 15 is 0 Å². The molecule has 1 aromatic carbocycles. The molecule has 0 aromatic heterocycles. The summed E-state index contributed by atoms with van der Waals surface area (Å²) < 4.78 is 5.33. The van der Waals surface area contributed by atoms with Gasteiger partial charge in [-0.2, -0.15) is 0 Å². The molecule has 0 spiro atoms. The maximum absolute atomic E-state index is 12.6. The normalized spacial score (nSPS) is 20.8. The summed E-state index contributed by atoms with van der Waals surface area (Å²) in [6.45, 7) is 9.36. The lowest BCUT2D eigenvalue weighted by atomic mass is 10.1. The molecule has 132 valence electrons. The van der Waals surface area contributed by atoms with Crippen molar-refractivity contribution in [1.82, 2.24) is 4.90 Å². The predicted octanol–water partition coefficient (Wildman–Crippen LogP) is 2.61. The molecule has 1 heterocycles. The molecule has 6 heteroatoms. The van der Waals surface area contributed by atoms with E-state index in [0.717, 1.165) is 11.1 Å². The number of amides is 2. The Morgan fingerprint density at radius 2 is 1.92 bits per heavy atom. The predicted molar refractivity (Wildman–Crippen MR) is 91.9 cm³/mol. The Kier molecular flexibility index (Phi) is 5.18. The molecule has 0 radical (unpaired) electrons. The first-order valence-electron chi connectivity index (χ1n) is 8.12. The van der Waals surface area contributed by atoms with Crippen LogP contribution in [0.3, 0.4) is 0 Å². The number of nitrogens with one attached hydrogen (secondary N) is 1. The Bertz CT molecular complexity index is 636. The summed E-state index contributed by atoms with van der Waals surface area (Å²) in [6, 6.07) is 4.90. The largest absolute Gasteiger partial charge is 0.444 e. The molecule has 2 atom stereocenters. The number of rotatable bonds is 2. The second kappa shape index (κ2) is 6.81. The van der Waals surface area contributed by atoms with Gasteiger partial charge in [-0.05, 0) is 57.9 Å². The number of aliphatic hydroxyl groups excluding tert-OH is 1. The summed E-state index contributed by atoms with van der Waals surface area (Å²) in [6.07, 6.45) is -1.11. The molecule has 1 aliphatic rings. The average molecular weight is 334 g/mol. The lowest BCUT2D eigenvalue weighted by molar-refractivity contribution is -0.120. The van der Waals surface area contributed by atoms with Crippen molar-refractivity contribution in [2.45, 2.75) is 58.8 Å². The van der Waals surface area contributed by atoms with E-state index in [2.05, 4.69) is 5.32 Å². The number of hydrogen-bond donors (Lipinski definition) is 2. The van der Waals surface area contributed by atoms with Gasteiger partial charge in [0.25, 0.3) is 0 Å². The highest BCUT2D eigenvalue weighted by Crippen LogP contribution is 2.23. The molecular weight excluding hydrogens is 308 g/mol. The highest BCUT2D eigenvalue weighted by atomic mass is 16.6. The van der Waals surface area contributed by atoms with Crippen LogP contribution in [0, 0.1) is 13.8 Å². The van der Waals surface area contributed by atoms with Gasteiger partial charge in [0, 0.05) is 12.1 Å². The number of aliphatic hydroxyl groups is 1. The fourth-order valence-corrected chi connectivity index (χ4v) is 2.63. The fraction of sp³-hybridized carbons (Fsp3) is 0.556. The van der Waals surface area contributed by atoms with E-state index in [9.17, 15) is 14.7 Å². The van der Waals surface area contributed by atoms with Gasteiger partial charge < -0.3 is 15.2 Å². The average Bonchev–Trinajstić information content (AvgIpc) is 2.83. The van der Waals surface area contributed by atoms with Crippen molar-refractivity contribution >= 4 is 17.7 Å². The quantitative estimate of drug-likeness (QED) is 0.871. The SMILES string of the molecule is Cc1ccc(NC(=O)[C@@H]2C[C@H](O)CN2C(=O)OC(C)(C)C)cc1C. The third kappa shape index (κ3) is 4.47. The van der Waals surface area contributed by atoms with Crippen molar-refractivity contribution in [3.05, 3.63) is 29.3 Å². The second-order valence-corrected chi connectivity index (χ2v) is 7.33. The number of hydrogen-bond acceptors (Lipinski definition) is 4. The van der Waals surface area contributed by atoms with Crippen LogP contribution in [0.2, 0.25) is 0 Å². The number of benzene rings is 1. The summed E-state index contributed by atoms with van der Waals surface area (Å²) >= 11 is 0. The zero-order chi connectivity index (χ0) is 18.1. The molecule has 0 aliphatic carbocycles. The van der Waals surface area contributed by atoms with Crippen LogP contribution in [0.4, 0.5) is 10.5 Å². The second-order valence-electron chi connectivity index (χ2n) is 7.33. The number of ether oxygens (including phenoxy) is 1. The van der Waals surface area contributed by atoms with Crippen LogP contribution in [-0.4, -0.2) is 46.3 Å². The Morgan fingerprint density at radius 3 is 2.50 bits per heavy atom.